The molecule has 2 N–H and O–H groups in total. The molecule has 0 aliphatic rings. The van der Waals surface area contributed by atoms with Gasteiger partial charge in [-0.25, -0.2) is 0 Å². The Balaban J connectivity index is 1.57. The minimum Gasteiger partial charge on any atom is -0.497 e. The number of hydrogen-bond donors (Lipinski definition) is 2. The van der Waals surface area contributed by atoms with Gasteiger partial charge in [0, 0.05) is 13.1 Å². The zero-order valence-corrected chi connectivity index (χ0v) is 14.0. The summed E-state index contributed by atoms with van der Waals surface area (Å²) in [5, 5.41) is 6.91. The van der Waals surface area contributed by atoms with Crippen LogP contribution in [0.25, 0.3) is 0 Å². The highest BCUT2D eigenvalue weighted by Crippen LogP contribution is 2.12. The maximum Gasteiger partial charge on any atom is 0.119 e. The van der Waals surface area contributed by atoms with E-state index in [0.29, 0.717) is 0 Å². The Morgan fingerprint density at radius 2 is 1.22 bits per heavy atom. The SMILES string of the molecule is COc1cccc(CNCCCNCc2cccc(OC)c2)c1. The molecule has 0 atom stereocenters. The van der Waals surface area contributed by atoms with Crippen molar-refractivity contribution in [2.45, 2.75) is 19.5 Å². The summed E-state index contributed by atoms with van der Waals surface area (Å²) in [5.41, 5.74) is 2.49. The Hall–Kier alpha value is -2.04. The molecule has 0 heterocycles. The van der Waals surface area contributed by atoms with Gasteiger partial charge < -0.3 is 20.1 Å². The fraction of sp³-hybridized carbons (Fsp3) is 0.368. The van der Waals surface area contributed by atoms with Gasteiger partial charge in [-0.15, -0.1) is 0 Å². The van der Waals surface area contributed by atoms with Gasteiger partial charge in [0.2, 0.25) is 0 Å². The first-order valence-corrected chi connectivity index (χ1v) is 7.99. The normalized spacial score (nSPS) is 10.5. The van der Waals surface area contributed by atoms with Crippen molar-refractivity contribution < 1.29 is 9.47 Å². The Labute approximate surface area is 138 Å². The summed E-state index contributed by atoms with van der Waals surface area (Å²) in [6.45, 7) is 3.71. The molecule has 2 aromatic rings. The first-order valence-electron chi connectivity index (χ1n) is 7.99. The number of ether oxygens (including phenoxy) is 2. The van der Waals surface area contributed by atoms with Crippen molar-refractivity contribution in [3.63, 3.8) is 0 Å². The van der Waals surface area contributed by atoms with Gasteiger partial charge in [-0.2, -0.15) is 0 Å². The van der Waals surface area contributed by atoms with Crippen molar-refractivity contribution in [2.24, 2.45) is 0 Å². The van der Waals surface area contributed by atoms with E-state index >= 15 is 0 Å². The van der Waals surface area contributed by atoms with Crippen LogP contribution >= 0.6 is 0 Å². The van der Waals surface area contributed by atoms with Gasteiger partial charge in [0.15, 0.2) is 0 Å². The van der Waals surface area contributed by atoms with Gasteiger partial charge in [0.1, 0.15) is 11.5 Å². The highest BCUT2D eigenvalue weighted by molar-refractivity contribution is 5.29. The monoisotopic (exact) mass is 314 g/mol. The van der Waals surface area contributed by atoms with Crippen LogP contribution in [0.15, 0.2) is 48.5 Å². The third kappa shape index (κ3) is 6.30. The maximum atomic E-state index is 5.23. The highest BCUT2D eigenvalue weighted by atomic mass is 16.5. The molecule has 0 bridgehead atoms. The lowest BCUT2D eigenvalue weighted by molar-refractivity contribution is 0.414. The van der Waals surface area contributed by atoms with Crippen LogP contribution in [-0.2, 0) is 13.1 Å². The van der Waals surface area contributed by atoms with Gasteiger partial charge in [-0.1, -0.05) is 24.3 Å². The van der Waals surface area contributed by atoms with Crippen LogP contribution in [0.1, 0.15) is 17.5 Å². The standard InChI is InChI=1S/C19H26N2O2/c1-22-18-8-3-6-16(12-18)14-20-10-5-11-21-15-17-7-4-9-19(13-17)23-2/h3-4,6-9,12-13,20-21H,5,10-11,14-15H2,1-2H3. The lowest BCUT2D eigenvalue weighted by Gasteiger charge is -2.08. The topological polar surface area (TPSA) is 42.5 Å². The molecule has 4 heteroatoms. The summed E-state index contributed by atoms with van der Waals surface area (Å²) in [6.07, 6.45) is 1.09. The molecule has 0 aliphatic heterocycles. The maximum absolute atomic E-state index is 5.23. The Bertz CT molecular complexity index is 536. The molecular formula is C19H26N2O2. The zero-order valence-electron chi connectivity index (χ0n) is 14.0. The molecule has 0 spiro atoms. The van der Waals surface area contributed by atoms with Crippen LogP contribution in [0.2, 0.25) is 0 Å². The van der Waals surface area contributed by atoms with Crippen LogP contribution in [0.4, 0.5) is 0 Å². The summed E-state index contributed by atoms with van der Waals surface area (Å²) < 4.78 is 10.5. The summed E-state index contributed by atoms with van der Waals surface area (Å²) in [6, 6.07) is 16.3. The van der Waals surface area contributed by atoms with Crippen molar-refractivity contribution in [1.82, 2.24) is 10.6 Å². The summed E-state index contributed by atoms with van der Waals surface area (Å²) in [4.78, 5) is 0. The van der Waals surface area contributed by atoms with Crippen LogP contribution < -0.4 is 20.1 Å². The van der Waals surface area contributed by atoms with Crippen molar-refractivity contribution in [2.75, 3.05) is 27.3 Å². The number of hydrogen-bond acceptors (Lipinski definition) is 4. The molecule has 2 rings (SSSR count). The average molecular weight is 314 g/mol. The van der Waals surface area contributed by atoms with Crippen molar-refractivity contribution >= 4 is 0 Å². The largest absolute Gasteiger partial charge is 0.497 e. The number of benzene rings is 2. The second-order valence-electron chi connectivity index (χ2n) is 5.41. The minimum atomic E-state index is 0.868. The lowest BCUT2D eigenvalue weighted by Crippen LogP contribution is -2.21. The van der Waals surface area contributed by atoms with Gasteiger partial charge in [-0.3, -0.25) is 0 Å². The predicted octanol–water partition coefficient (Wildman–Crippen LogP) is 2.97. The van der Waals surface area contributed by atoms with Gasteiger partial charge in [0.05, 0.1) is 14.2 Å². The van der Waals surface area contributed by atoms with E-state index in [1.807, 2.05) is 24.3 Å². The Morgan fingerprint density at radius 1 is 0.739 bits per heavy atom. The molecule has 0 saturated heterocycles. The molecule has 4 nitrogen and oxygen atoms in total. The molecule has 0 aromatic heterocycles. The molecule has 0 radical (unpaired) electrons. The molecule has 0 unspecified atom stereocenters. The second-order valence-corrected chi connectivity index (χ2v) is 5.41. The summed E-state index contributed by atoms with van der Waals surface area (Å²) >= 11 is 0. The fourth-order valence-corrected chi connectivity index (χ4v) is 2.37. The first kappa shape index (κ1) is 17.3. The van der Waals surface area contributed by atoms with E-state index in [-0.39, 0.29) is 0 Å². The minimum absolute atomic E-state index is 0.868. The Morgan fingerprint density at radius 3 is 1.65 bits per heavy atom. The quantitative estimate of drug-likeness (QED) is 0.662. The van der Waals surface area contributed by atoms with Gasteiger partial charge in [-0.05, 0) is 54.9 Å². The summed E-state index contributed by atoms with van der Waals surface area (Å²) in [7, 11) is 3.39. The van der Waals surface area contributed by atoms with E-state index in [1.165, 1.54) is 11.1 Å². The summed E-state index contributed by atoms with van der Waals surface area (Å²) in [5.74, 6) is 1.81. The predicted molar refractivity (Wildman–Crippen MR) is 94.0 cm³/mol. The van der Waals surface area contributed by atoms with Crippen molar-refractivity contribution in [3.8, 4) is 11.5 Å². The van der Waals surface area contributed by atoms with E-state index < -0.39 is 0 Å². The van der Waals surface area contributed by atoms with Crippen LogP contribution in [0, 0.1) is 0 Å². The van der Waals surface area contributed by atoms with Crippen LogP contribution in [0.3, 0.4) is 0 Å². The molecule has 0 amide bonds. The second kappa shape index (κ2) is 9.87. The number of methoxy groups -OCH3 is 2. The third-order valence-electron chi connectivity index (χ3n) is 3.63. The third-order valence-corrected chi connectivity index (χ3v) is 3.63. The molecular weight excluding hydrogens is 288 g/mol. The number of rotatable bonds is 10. The van der Waals surface area contributed by atoms with E-state index in [0.717, 1.165) is 44.1 Å². The number of nitrogens with one attached hydrogen (secondary N) is 2. The molecule has 2 aromatic carbocycles. The molecule has 23 heavy (non-hydrogen) atoms. The zero-order chi connectivity index (χ0) is 16.3. The van der Waals surface area contributed by atoms with Crippen LogP contribution in [-0.4, -0.2) is 27.3 Å². The van der Waals surface area contributed by atoms with E-state index in [2.05, 4.69) is 34.9 Å². The lowest BCUT2D eigenvalue weighted by atomic mass is 10.2. The smallest absolute Gasteiger partial charge is 0.119 e. The van der Waals surface area contributed by atoms with E-state index in [9.17, 15) is 0 Å². The van der Waals surface area contributed by atoms with E-state index in [1.54, 1.807) is 14.2 Å². The van der Waals surface area contributed by atoms with Gasteiger partial charge >= 0.3 is 0 Å². The Kier molecular flexibility index (Phi) is 7.43. The molecule has 0 saturated carbocycles. The first-order chi connectivity index (χ1) is 11.3. The highest BCUT2D eigenvalue weighted by Gasteiger charge is 1.97. The fourth-order valence-electron chi connectivity index (χ4n) is 2.37. The average Bonchev–Trinajstić information content (AvgIpc) is 2.61. The molecule has 0 aliphatic carbocycles. The van der Waals surface area contributed by atoms with E-state index in [4.69, 9.17) is 9.47 Å². The molecule has 124 valence electrons. The van der Waals surface area contributed by atoms with Gasteiger partial charge in [0.25, 0.3) is 0 Å². The van der Waals surface area contributed by atoms with Crippen LogP contribution in [0.5, 0.6) is 11.5 Å². The van der Waals surface area contributed by atoms with Crippen molar-refractivity contribution in [1.29, 1.82) is 0 Å². The van der Waals surface area contributed by atoms with Crippen molar-refractivity contribution in [3.05, 3.63) is 59.7 Å². The molecule has 0 fully saturated rings.